The zero-order chi connectivity index (χ0) is 23.2. The Hall–Kier alpha value is -4.21. The lowest BCUT2D eigenvalue weighted by molar-refractivity contribution is -0.120. The Balaban J connectivity index is 1.39. The van der Waals surface area contributed by atoms with E-state index in [1.54, 1.807) is 55.1 Å². The first kappa shape index (κ1) is 22.0. The number of methoxy groups -OCH3 is 2. The molecule has 0 saturated heterocycles. The Labute approximate surface area is 189 Å². The number of nitrogens with one attached hydrogen (secondary N) is 1. The highest BCUT2D eigenvalue weighted by atomic mass is 19.1. The Morgan fingerprint density at radius 2 is 1.85 bits per heavy atom. The van der Waals surface area contributed by atoms with Crippen molar-refractivity contribution in [2.45, 2.75) is 6.42 Å². The van der Waals surface area contributed by atoms with Crippen molar-refractivity contribution in [3.05, 3.63) is 66.0 Å². The molecule has 9 nitrogen and oxygen atoms in total. The van der Waals surface area contributed by atoms with Crippen LogP contribution in [0.5, 0.6) is 17.4 Å². The topological polar surface area (TPSA) is 99.9 Å². The van der Waals surface area contributed by atoms with E-state index in [1.165, 1.54) is 12.1 Å². The number of aromatic nitrogens is 4. The molecule has 2 aromatic carbocycles. The number of ether oxygens (including phenoxy) is 3. The molecular formula is C23H22FN5O4. The third-order valence-corrected chi connectivity index (χ3v) is 4.84. The Kier molecular flexibility index (Phi) is 6.63. The summed E-state index contributed by atoms with van der Waals surface area (Å²) >= 11 is 0. The molecule has 1 N–H and O–H groups in total. The van der Waals surface area contributed by atoms with E-state index in [4.69, 9.17) is 14.2 Å². The second kappa shape index (κ2) is 9.94. The summed E-state index contributed by atoms with van der Waals surface area (Å²) in [4.78, 5) is 12.0. The number of fused-ring (bicyclic) bond motifs is 1. The minimum atomic E-state index is -0.335. The number of benzene rings is 2. The fraction of sp³-hybridized carbons (Fsp3) is 0.217. The molecule has 4 rings (SSSR count). The highest BCUT2D eigenvalue weighted by molar-refractivity contribution is 5.78. The van der Waals surface area contributed by atoms with Crippen LogP contribution in [-0.4, -0.2) is 53.1 Å². The van der Waals surface area contributed by atoms with Crippen LogP contribution < -0.4 is 19.5 Å². The monoisotopic (exact) mass is 451 g/mol. The average Bonchev–Trinajstić information content (AvgIpc) is 3.26. The van der Waals surface area contributed by atoms with Crippen molar-refractivity contribution in [2.24, 2.45) is 0 Å². The van der Waals surface area contributed by atoms with Gasteiger partial charge in [0.05, 0.1) is 32.7 Å². The maximum absolute atomic E-state index is 13.0. The lowest BCUT2D eigenvalue weighted by Gasteiger charge is -2.10. The molecule has 4 aromatic rings. The summed E-state index contributed by atoms with van der Waals surface area (Å²) in [5, 5.41) is 15.6. The van der Waals surface area contributed by atoms with Crippen molar-refractivity contribution >= 4 is 11.6 Å². The maximum atomic E-state index is 13.0. The number of hydrogen-bond donors (Lipinski definition) is 1. The standard InChI is InChI=1S/C23H22FN5O4/c1-31-17-7-8-18(19(14-17)32-2)23-27-26-20-9-10-22(28-29(20)23)33-12-11-25-21(30)13-15-3-5-16(24)6-4-15/h3-10,14H,11-13H2,1-2H3,(H,25,30). The van der Waals surface area contributed by atoms with Gasteiger partial charge in [-0.2, -0.15) is 4.52 Å². The molecule has 0 radical (unpaired) electrons. The number of amides is 1. The Morgan fingerprint density at radius 1 is 1.03 bits per heavy atom. The molecule has 2 heterocycles. The normalized spacial score (nSPS) is 10.8. The highest BCUT2D eigenvalue weighted by Gasteiger charge is 2.16. The van der Waals surface area contributed by atoms with E-state index in [0.717, 1.165) is 5.56 Å². The minimum Gasteiger partial charge on any atom is -0.497 e. The van der Waals surface area contributed by atoms with Crippen molar-refractivity contribution in [1.29, 1.82) is 0 Å². The molecule has 0 fully saturated rings. The maximum Gasteiger partial charge on any atom is 0.231 e. The largest absolute Gasteiger partial charge is 0.497 e. The zero-order valence-electron chi connectivity index (χ0n) is 18.1. The number of hydrogen-bond acceptors (Lipinski definition) is 7. The molecule has 33 heavy (non-hydrogen) atoms. The minimum absolute atomic E-state index is 0.165. The number of halogens is 1. The van der Waals surface area contributed by atoms with Gasteiger partial charge in [-0.1, -0.05) is 12.1 Å². The van der Waals surface area contributed by atoms with Gasteiger partial charge in [-0.15, -0.1) is 15.3 Å². The zero-order valence-corrected chi connectivity index (χ0v) is 18.1. The SMILES string of the molecule is COc1ccc(-c2nnc3ccc(OCCNC(=O)Cc4ccc(F)cc4)nn23)c(OC)c1. The summed E-state index contributed by atoms with van der Waals surface area (Å²) in [6.45, 7) is 0.512. The van der Waals surface area contributed by atoms with E-state index in [-0.39, 0.29) is 24.8 Å². The number of nitrogens with zero attached hydrogens (tertiary/aromatic N) is 4. The van der Waals surface area contributed by atoms with Crippen LogP contribution >= 0.6 is 0 Å². The van der Waals surface area contributed by atoms with Crippen LogP contribution in [-0.2, 0) is 11.2 Å². The quantitative estimate of drug-likeness (QED) is 0.391. The van der Waals surface area contributed by atoms with Gasteiger partial charge < -0.3 is 19.5 Å². The second-order valence-corrected chi connectivity index (χ2v) is 7.03. The van der Waals surface area contributed by atoms with E-state index < -0.39 is 0 Å². The predicted octanol–water partition coefficient (Wildman–Crippen LogP) is 2.69. The van der Waals surface area contributed by atoms with Crippen molar-refractivity contribution in [2.75, 3.05) is 27.4 Å². The van der Waals surface area contributed by atoms with Gasteiger partial charge >= 0.3 is 0 Å². The molecule has 1 amide bonds. The van der Waals surface area contributed by atoms with Gasteiger partial charge in [0.1, 0.15) is 23.9 Å². The van der Waals surface area contributed by atoms with Crippen LogP contribution in [0, 0.1) is 5.82 Å². The Morgan fingerprint density at radius 3 is 2.61 bits per heavy atom. The number of carbonyl (C=O) groups excluding carboxylic acids is 1. The van der Waals surface area contributed by atoms with Gasteiger partial charge in [0, 0.05) is 12.1 Å². The first-order valence-electron chi connectivity index (χ1n) is 10.2. The number of carbonyl (C=O) groups is 1. The fourth-order valence-electron chi connectivity index (χ4n) is 3.20. The molecule has 0 aliphatic carbocycles. The molecule has 2 aromatic heterocycles. The molecule has 0 unspecified atom stereocenters. The molecule has 0 aliphatic rings. The number of rotatable bonds is 9. The van der Waals surface area contributed by atoms with Gasteiger partial charge in [-0.3, -0.25) is 4.79 Å². The van der Waals surface area contributed by atoms with E-state index >= 15 is 0 Å². The van der Waals surface area contributed by atoms with E-state index in [0.29, 0.717) is 41.0 Å². The Bertz CT molecular complexity index is 1260. The van der Waals surface area contributed by atoms with E-state index in [9.17, 15) is 9.18 Å². The first-order chi connectivity index (χ1) is 16.1. The summed E-state index contributed by atoms with van der Waals surface area (Å²) in [7, 11) is 3.14. The summed E-state index contributed by atoms with van der Waals surface area (Å²) < 4.78 is 30.9. The summed E-state index contributed by atoms with van der Waals surface area (Å²) in [5.74, 6) is 1.55. The molecule has 0 aliphatic heterocycles. The van der Waals surface area contributed by atoms with Gasteiger partial charge in [0.2, 0.25) is 11.8 Å². The van der Waals surface area contributed by atoms with E-state index in [2.05, 4.69) is 20.6 Å². The molecule has 170 valence electrons. The lowest BCUT2D eigenvalue weighted by Crippen LogP contribution is -2.29. The van der Waals surface area contributed by atoms with Crippen LogP contribution in [0.3, 0.4) is 0 Å². The van der Waals surface area contributed by atoms with Gasteiger partial charge in [-0.05, 0) is 35.9 Å². The summed E-state index contributed by atoms with van der Waals surface area (Å²) in [6, 6.07) is 14.6. The van der Waals surface area contributed by atoms with Gasteiger partial charge in [-0.25, -0.2) is 4.39 Å². The summed E-state index contributed by atoms with van der Waals surface area (Å²) in [6.07, 6.45) is 0.165. The van der Waals surface area contributed by atoms with Gasteiger partial charge in [0.25, 0.3) is 0 Å². The predicted molar refractivity (Wildman–Crippen MR) is 118 cm³/mol. The van der Waals surface area contributed by atoms with Crippen LogP contribution in [0.2, 0.25) is 0 Å². The van der Waals surface area contributed by atoms with Crippen LogP contribution in [0.4, 0.5) is 4.39 Å². The van der Waals surface area contributed by atoms with E-state index in [1.807, 2.05) is 6.07 Å². The van der Waals surface area contributed by atoms with Crippen LogP contribution in [0.15, 0.2) is 54.6 Å². The van der Waals surface area contributed by atoms with Crippen molar-refractivity contribution < 1.29 is 23.4 Å². The molecule has 10 heteroatoms. The average molecular weight is 451 g/mol. The molecule has 0 spiro atoms. The van der Waals surface area contributed by atoms with Crippen LogP contribution in [0.25, 0.3) is 17.0 Å². The molecular weight excluding hydrogens is 429 g/mol. The van der Waals surface area contributed by atoms with Crippen molar-refractivity contribution in [1.82, 2.24) is 25.1 Å². The lowest BCUT2D eigenvalue weighted by atomic mass is 10.1. The van der Waals surface area contributed by atoms with Crippen molar-refractivity contribution in [3.8, 4) is 28.8 Å². The van der Waals surface area contributed by atoms with Gasteiger partial charge in [0.15, 0.2) is 11.5 Å². The van der Waals surface area contributed by atoms with Crippen molar-refractivity contribution in [3.63, 3.8) is 0 Å². The molecule has 0 bridgehead atoms. The van der Waals surface area contributed by atoms with Crippen LogP contribution in [0.1, 0.15) is 5.56 Å². The smallest absolute Gasteiger partial charge is 0.231 e. The second-order valence-electron chi connectivity index (χ2n) is 7.03. The third-order valence-electron chi connectivity index (χ3n) is 4.84. The highest BCUT2D eigenvalue weighted by Crippen LogP contribution is 2.32. The summed E-state index contributed by atoms with van der Waals surface area (Å²) in [5.41, 5.74) is 1.97. The first-order valence-corrected chi connectivity index (χ1v) is 10.2. The third kappa shape index (κ3) is 5.17. The fourth-order valence-corrected chi connectivity index (χ4v) is 3.20. The molecule has 0 atom stereocenters. The molecule has 0 saturated carbocycles.